The summed E-state index contributed by atoms with van der Waals surface area (Å²) >= 11 is 0. The summed E-state index contributed by atoms with van der Waals surface area (Å²) in [4.78, 5) is 29.3. The van der Waals surface area contributed by atoms with E-state index in [2.05, 4.69) is 10.2 Å². The molecule has 0 saturated carbocycles. The molecule has 5 atom stereocenters. The number of hydrogen-bond acceptors (Lipinski definition) is 9. The molecular formula is C13H21N3O8. The fraction of sp³-hybridized carbons (Fsp3) is 0.769. The minimum atomic E-state index is -1.75. The van der Waals surface area contributed by atoms with Crippen molar-refractivity contribution in [3.63, 3.8) is 0 Å². The van der Waals surface area contributed by atoms with Gasteiger partial charge in [-0.05, 0) is 0 Å². The highest BCUT2D eigenvalue weighted by molar-refractivity contribution is 5.06. The molecule has 11 nitrogen and oxygen atoms in total. The van der Waals surface area contributed by atoms with Gasteiger partial charge in [-0.2, -0.15) is 5.10 Å². The largest absolute Gasteiger partial charge is 0.394 e. The molecule has 0 aromatic carbocycles. The van der Waals surface area contributed by atoms with E-state index < -0.39 is 54.0 Å². The summed E-state index contributed by atoms with van der Waals surface area (Å²) in [6.45, 7) is 4.44. The van der Waals surface area contributed by atoms with Crippen molar-refractivity contribution in [2.45, 2.75) is 56.9 Å². The van der Waals surface area contributed by atoms with Crippen LogP contribution in [-0.2, 0) is 10.2 Å². The molecule has 2 heterocycles. The van der Waals surface area contributed by atoms with Crippen LogP contribution < -0.4 is 16.1 Å². The van der Waals surface area contributed by atoms with Gasteiger partial charge in [0.25, 0.3) is 6.29 Å². The third-order valence-electron chi connectivity index (χ3n) is 3.60. The van der Waals surface area contributed by atoms with Gasteiger partial charge in [0.2, 0.25) is 0 Å². The standard InChI is InChI=1S/C13H21N3O8/c1-13(2,3)9-10(21)16(12(22)15-14-9)24-11-8(20)7(19)6(18)5(4-17)23-11/h5-8,11,17-20H,4H2,1-3H3,(H,15,22)/t5-,6-,7+,8-,11+/m1/s1. The van der Waals surface area contributed by atoms with Crippen LogP contribution in [0.3, 0.4) is 0 Å². The first-order valence-corrected chi connectivity index (χ1v) is 7.27. The molecule has 2 rings (SSSR count). The summed E-state index contributed by atoms with van der Waals surface area (Å²) < 4.78 is 5.42. The number of hydrogen-bond donors (Lipinski definition) is 5. The lowest BCUT2D eigenvalue weighted by atomic mass is 9.93. The molecule has 136 valence electrons. The van der Waals surface area contributed by atoms with Crippen molar-refractivity contribution in [1.82, 2.24) is 14.9 Å². The van der Waals surface area contributed by atoms with Crippen LogP contribution in [0.1, 0.15) is 26.5 Å². The summed E-state index contributed by atoms with van der Waals surface area (Å²) in [5.74, 6) is 0. The number of aliphatic hydroxyl groups excluding tert-OH is 4. The molecule has 1 aromatic rings. The van der Waals surface area contributed by atoms with Gasteiger partial charge < -0.3 is 30.0 Å². The van der Waals surface area contributed by atoms with Crippen LogP contribution in [-0.4, -0.2) is 72.7 Å². The Morgan fingerprint density at radius 1 is 1.21 bits per heavy atom. The number of aromatic nitrogens is 3. The van der Waals surface area contributed by atoms with Crippen LogP contribution in [0.4, 0.5) is 0 Å². The fourth-order valence-corrected chi connectivity index (χ4v) is 2.23. The number of ether oxygens (including phenoxy) is 1. The number of nitrogens with one attached hydrogen (secondary N) is 1. The topological polar surface area (TPSA) is 167 Å². The molecule has 1 aliphatic rings. The molecule has 11 heteroatoms. The number of aromatic amines is 1. The fourth-order valence-electron chi connectivity index (χ4n) is 2.23. The van der Waals surface area contributed by atoms with Gasteiger partial charge in [0.15, 0.2) is 0 Å². The molecule has 1 fully saturated rings. The van der Waals surface area contributed by atoms with E-state index in [1.165, 1.54) is 0 Å². The van der Waals surface area contributed by atoms with Crippen molar-refractivity contribution in [2.24, 2.45) is 0 Å². The zero-order valence-corrected chi connectivity index (χ0v) is 13.4. The highest BCUT2D eigenvalue weighted by atomic mass is 16.8. The van der Waals surface area contributed by atoms with Crippen LogP contribution in [0.2, 0.25) is 0 Å². The Kier molecular flexibility index (Phi) is 5.11. The first-order valence-electron chi connectivity index (χ1n) is 7.27. The molecule has 1 aromatic heterocycles. The van der Waals surface area contributed by atoms with Crippen LogP contribution >= 0.6 is 0 Å². The van der Waals surface area contributed by atoms with Crippen molar-refractivity contribution in [3.8, 4) is 0 Å². The molecular weight excluding hydrogens is 326 g/mol. The maximum atomic E-state index is 12.4. The van der Waals surface area contributed by atoms with E-state index >= 15 is 0 Å². The smallest absolute Gasteiger partial charge is 0.378 e. The van der Waals surface area contributed by atoms with Gasteiger partial charge >= 0.3 is 11.2 Å². The van der Waals surface area contributed by atoms with Crippen LogP contribution in [0.15, 0.2) is 9.59 Å². The Labute approximate surface area is 136 Å². The summed E-state index contributed by atoms with van der Waals surface area (Å²) in [6.07, 6.45) is -7.91. The molecule has 0 spiro atoms. The lowest BCUT2D eigenvalue weighted by molar-refractivity contribution is -0.302. The average molecular weight is 347 g/mol. The third-order valence-corrected chi connectivity index (χ3v) is 3.60. The second kappa shape index (κ2) is 6.61. The predicted octanol–water partition coefficient (Wildman–Crippen LogP) is -3.54. The van der Waals surface area contributed by atoms with Gasteiger partial charge in [0.1, 0.15) is 30.1 Å². The third kappa shape index (κ3) is 3.35. The Morgan fingerprint density at radius 3 is 2.38 bits per heavy atom. The molecule has 24 heavy (non-hydrogen) atoms. The summed E-state index contributed by atoms with van der Waals surface area (Å²) in [5, 5.41) is 44.3. The first-order chi connectivity index (χ1) is 11.1. The minimum absolute atomic E-state index is 0.00620. The van der Waals surface area contributed by atoms with E-state index in [9.17, 15) is 24.9 Å². The zero-order valence-electron chi connectivity index (χ0n) is 13.4. The molecule has 0 amide bonds. The van der Waals surface area contributed by atoms with Gasteiger partial charge in [-0.15, -0.1) is 0 Å². The van der Waals surface area contributed by atoms with E-state index in [0.29, 0.717) is 4.73 Å². The maximum absolute atomic E-state index is 12.4. The number of aliphatic hydroxyl groups is 4. The predicted molar refractivity (Wildman–Crippen MR) is 78.2 cm³/mol. The van der Waals surface area contributed by atoms with Crippen molar-refractivity contribution in [3.05, 3.63) is 26.5 Å². The molecule has 1 saturated heterocycles. The number of nitrogens with zero attached hydrogens (tertiary/aromatic N) is 2. The van der Waals surface area contributed by atoms with Gasteiger partial charge in [-0.25, -0.2) is 9.89 Å². The lowest BCUT2D eigenvalue weighted by Crippen LogP contribution is -2.62. The van der Waals surface area contributed by atoms with E-state index in [1.54, 1.807) is 20.8 Å². The Bertz CT molecular complexity index is 692. The second-order valence-corrected chi connectivity index (χ2v) is 6.53. The summed E-state index contributed by atoms with van der Waals surface area (Å²) in [6, 6.07) is 0. The Balaban J connectivity index is 2.37. The zero-order chi connectivity index (χ0) is 18.2. The maximum Gasteiger partial charge on any atom is 0.378 e. The number of rotatable bonds is 3. The normalized spacial score (nSPS) is 31.0. The molecule has 1 aliphatic heterocycles. The van der Waals surface area contributed by atoms with Gasteiger partial charge in [0, 0.05) is 5.41 Å². The summed E-state index contributed by atoms with van der Waals surface area (Å²) in [7, 11) is 0. The van der Waals surface area contributed by atoms with E-state index in [1.807, 2.05) is 0 Å². The highest BCUT2D eigenvalue weighted by Crippen LogP contribution is 2.20. The summed E-state index contributed by atoms with van der Waals surface area (Å²) in [5.41, 5.74) is -2.55. The van der Waals surface area contributed by atoms with E-state index in [-0.39, 0.29) is 5.69 Å². The second-order valence-electron chi connectivity index (χ2n) is 6.53. The Hall–Kier alpha value is -1.79. The highest BCUT2D eigenvalue weighted by Gasteiger charge is 2.45. The van der Waals surface area contributed by atoms with Crippen molar-refractivity contribution in [2.75, 3.05) is 6.61 Å². The minimum Gasteiger partial charge on any atom is -0.394 e. The van der Waals surface area contributed by atoms with E-state index in [0.717, 1.165) is 0 Å². The molecule has 0 bridgehead atoms. The van der Waals surface area contributed by atoms with Gasteiger partial charge in [0.05, 0.1) is 6.61 Å². The van der Waals surface area contributed by atoms with Crippen molar-refractivity contribution in [1.29, 1.82) is 0 Å². The lowest BCUT2D eigenvalue weighted by Gasteiger charge is -2.39. The molecule has 5 N–H and O–H groups in total. The van der Waals surface area contributed by atoms with Gasteiger partial charge in [-0.3, -0.25) is 4.79 Å². The van der Waals surface area contributed by atoms with Crippen molar-refractivity contribution >= 4 is 0 Å². The molecule has 0 unspecified atom stereocenters. The van der Waals surface area contributed by atoms with Crippen LogP contribution in [0.25, 0.3) is 0 Å². The molecule has 0 aliphatic carbocycles. The quantitative estimate of drug-likeness (QED) is 0.372. The van der Waals surface area contributed by atoms with Gasteiger partial charge in [-0.1, -0.05) is 25.5 Å². The van der Waals surface area contributed by atoms with E-state index in [4.69, 9.17) is 14.7 Å². The van der Waals surface area contributed by atoms with Crippen LogP contribution in [0.5, 0.6) is 0 Å². The average Bonchev–Trinajstić information content (AvgIpc) is 2.49. The number of H-pyrrole nitrogens is 1. The monoisotopic (exact) mass is 347 g/mol. The molecule has 0 radical (unpaired) electrons. The Morgan fingerprint density at radius 2 is 1.83 bits per heavy atom. The van der Waals surface area contributed by atoms with Crippen molar-refractivity contribution < 1.29 is 30.0 Å². The SMILES string of the molecule is CC(C)(C)c1n[nH]c(=O)n(O[C@@H]2O[C@H](CO)[C@@H](O)[C@H](O)[C@H]2O)c1=O. The van der Waals surface area contributed by atoms with Crippen LogP contribution in [0, 0.1) is 0 Å². The first kappa shape index (κ1) is 18.5.